The third-order valence-electron chi connectivity index (χ3n) is 4.08. The Labute approximate surface area is 148 Å². The van der Waals surface area contributed by atoms with Gasteiger partial charge in [0.2, 0.25) is 0 Å². The third-order valence-corrected chi connectivity index (χ3v) is 5.93. The number of carbonyl (C=O) groups excluding carboxylic acids is 1. The smallest absolute Gasteiger partial charge is 0.337 e. The molecule has 1 atom stereocenters. The molecule has 0 aliphatic rings. The summed E-state index contributed by atoms with van der Waals surface area (Å²) in [5.41, 5.74) is 2.01. The van der Waals surface area contributed by atoms with Crippen molar-refractivity contribution in [1.29, 1.82) is 0 Å². The minimum absolute atomic E-state index is 0.137. The Morgan fingerprint density at radius 3 is 2.00 bits per heavy atom. The van der Waals surface area contributed by atoms with Crippen molar-refractivity contribution in [3.63, 3.8) is 0 Å². The number of benzene rings is 2. The van der Waals surface area contributed by atoms with E-state index >= 15 is 0 Å². The lowest BCUT2D eigenvalue weighted by atomic mass is 9.87. The number of carbonyl (C=O) groups is 1. The molecular weight excluding hydrogens is 339 g/mol. The van der Waals surface area contributed by atoms with E-state index in [0.717, 1.165) is 16.9 Å². The minimum atomic E-state index is -3.36. The molecule has 134 valence electrons. The molecule has 5 nitrogen and oxygen atoms in total. The molecule has 0 saturated heterocycles. The van der Waals surface area contributed by atoms with E-state index in [0.29, 0.717) is 0 Å². The second-order valence-electron chi connectivity index (χ2n) is 5.61. The van der Waals surface area contributed by atoms with Gasteiger partial charge in [-0.1, -0.05) is 42.5 Å². The maximum Gasteiger partial charge on any atom is 0.337 e. The highest BCUT2D eigenvalue weighted by Gasteiger charge is 2.28. The number of ketones is 1. The van der Waals surface area contributed by atoms with Gasteiger partial charge in [-0.15, -0.1) is 0 Å². The minimum Gasteiger partial charge on any atom is -0.497 e. The number of rotatable bonds is 9. The van der Waals surface area contributed by atoms with Crippen molar-refractivity contribution in [3.05, 3.63) is 65.7 Å². The number of ether oxygens (including phenoxy) is 1. The van der Waals surface area contributed by atoms with Crippen LogP contribution < -0.4 is 4.74 Å². The number of methoxy groups -OCH3 is 1. The van der Waals surface area contributed by atoms with Crippen LogP contribution in [0.1, 0.15) is 23.5 Å². The van der Waals surface area contributed by atoms with Crippen LogP contribution in [-0.4, -0.2) is 33.3 Å². The van der Waals surface area contributed by atoms with E-state index in [4.69, 9.17) is 13.8 Å². The van der Waals surface area contributed by atoms with Crippen LogP contribution in [0.4, 0.5) is 0 Å². The molecule has 0 unspecified atom stereocenters. The summed E-state index contributed by atoms with van der Waals surface area (Å²) in [6.07, 6.45) is -0.0213. The maximum absolute atomic E-state index is 12.5. The largest absolute Gasteiger partial charge is 0.497 e. The van der Waals surface area contributed by atoms with Gasteiger partial charge in [0.25, 0.3) is 0 Å². The van der Waals surface area contributed by atoms with Crippen molar-refractivity contribution in [2.24, 2.45) is 0 Å². The van der Waals surface area contributed by atoms with Gasteiger partial charge < -0.3 is 13.8 Å². The fourth-order valence-corrected chi connectivity index (χ4v) is 3.63. The lowest BCUT2D eigenvalue weighted by Gasteiger charge is -2.19. The average molecular weight is 362 g/mol. The summed E-state index contributed by atoms with van der Waals surface area (Å²) < 4.78 is 27.2. The van der Waals surface area contributed by atoms with E-state index in [-0.39, 0.29) is 24.3 Å². The summed E-state index contributed by atoms with van der Waals surface area (Å²) >= 11 is 0. The molecule has 0 aliphatic heterocycles. The van der Waals surface area contributed by atoms with Crippen LogP contribution in [0.15, 0.2) is 54.6 Å². The Morgan fingerprint density at radius 2 is 1.48 bits per heavy atom. The molecule has 0 bridgehead atoms. The predicted molar refractivity (Wildman–Crippen MR) is 97.4 cm³/mol. The summed E-state index contributed by atoms with van der Waals surface area (Å²) in [5, 5.41) is 0. The molecule has 6 heteroatoms. The lowest BCUT2D eigenvalue weighted by Crippen LogP contribution is -2.13. The molecule has 0 spiro atoms. The summed E-state index contributed by atoms with van der Waals surface area (Å²) in [6.45, 7) is 0. The van der Waals surface area contributed by atoms with Crippen LogP contribution in [0, 0.1) is 0 Å². The molecule has 0 aromatic heterocycles. The fraction of sp³-hybridized carbons (Fsp3) is 0.316. The van der Waals surface area contributed by atoms with Crippen LogP contribution in [0.5, 0.6) is 5.75 Å². The first-order chi connectivity index (χ1) is 12.0. The molecule has 0 aliphatic carbocycles. The number of hydrogen-bond donors (Lipinski definition) is 0. The standard InChI is InChI=1S/C19H23O5P/c1-22-18-11-9-16(10-12-18)19(15-7-5-4-6-8-15)13-17(20)14-25(21,23-2)24-3/h4-12,19H,13-14H2,1-3H3/t19-/m1/s1. The highest BCUT2D eigenvalue weighted by molar-refractivity contribution is 7.54. The Balaban J connectivity index is 2.26. The van der Waals surface area contributed by atoms with Crippen molar-refractivity contribution in [2.45, 2.75) is 12.3 Å². The van der Waals surface area contributed by atoms with Crippen molar-refractivity contribution in [3.8, 4) is 5.75 Å². The van der Waals surface area contributed by atoms with Crippen LogP contribution >= 0.6 is 7.60 Å². The molecule has 0 fully saturated rings. The normalized spacial score (nSPS) is 12.6. The average Bonchev–Trinajstić information content (AvgIpc) is 2.67. The van der Waals surface area contributed by atoms with Gasteiger partial charge in [-0.3, -0.25) is 9.36 Å². The van der Waals surface area contributed by atoms with Gasteiger partial charge in [0.1, 0.15) is 17.7 Å². The molecule has 0 saturated carbocycles. The van der Waals surface area contributed by atoms with Crippen LogP contribution in [-0.2, 0) is 18.4 Å². The Kier molecular flexibility index (Phi) is 6.94. The SMILES string of the molecule is COc1ccc([C@H](CC(=O)CP(=O)(OC)OC)c2ccccc2)cc1. The molecule has 0 heterocycles. The van der Waals surface area contributed by atoms with Gasteiger partial charge in [-0.25, -0.2) is 0 Å². The van der Waals surface area contributed by atoms with Gasteiger partial charge in [0, 0.05) is 26.6 Å². The summed E-state index contributed by atoms with van der Waals surface area (Å²) in [6, 6.07) is 17.4. The van der Waals surface area contributed by atoms with E-state index in [1.165, 1.54) is 14.2 Å². The van der Waals surface area contributed by atoms with Crippen LogP contribution in [0.3, 0.4) is 0 Å². The lowest BCUT2D eigenvalue weighted by molar-refractivity contribution is -0.117. The molecule has 0 N–H and O–H groups in total. The van der Waals surface area contributed by atoms with Gasteiger partial charge in [-0.2, -0.15) is 0 Å². The molecule has 2 rings (SSSR count). The van der Waals surface area contributed by atoms with Gasteiger partial charge in [0.05, 0.1) is 7.11 Å². The zero-order valence-electron chi connectivity index (χ0n) is 14.7. The maximum atomic E-state index is 12.5. The quantitative estimate of drug-likeness (QED) is 0.623. The van der Waals surface area contributed by atoms with E-state index in [9.17, 15) is 9.36 Å². The second kappa shape index (κ2) is 8.95. The van der Waals surface area contributed by atoms with Gasteiger partial charge in [0.15, 0.2) is 0 Å². The van der Waals surface area contributed by atoms with Crippen molar-refractivity contribution in [2.75, 3.05) is 27.5 Å². The van der Waals surface area contributed by atoms with Crippen LogP contribution in [0.25, 0.3) is 0 Å². The van der Waals surface area contributed by atoms with Gasteiger partial charge in [-0.05, 0) is 23.3 Å². The first-order valence-corrected chi connectivity index (χ1v) is 9.65. The second-order valence-corrected chi connectivity index (χ2v) is 7.88. The fourth-order valence-electron chi connectivity index (χ4n) is 2.66. The Morgan fingerprint density at radius 1 is 0.920 bits per heavy atom. The molecule has 2 aromatic carbocycles. The first kappa shape index (κ1) is 19.4. The molecular formula is C19H23O5P. The van der Waals surface area contributed by atoms with Gasteiger partial charge >= 0.3 is 7.60 Å². The van der Waals surface area contributed by atoms with Crippen molar-refractivity contribution >= 4 is 13.4 Å². The Hall–Kier alpha value is -1.94. The molecule has 0 radical (unpaired) electrons. The third kappa shape index (κ3) is 5.27. The van der Waals surface area contributed by atoms with E-state index in [1.54, 1.807) is 7.11 Å². The zero-order valence-corrected chi connectivity index (χ0v) is 15.6. The van der Waals surface area contributed by atoms with E-state index in [2.05, 4.69) is 0 Å². The topological polar surface area (TPSA) is 61.8 Å². The van der Waals surface area contributed by atoms with E-state index in [1.807, 2.05) is 54.6 Å². The Bertz CT molecular complexity index is 719. The van der Waals surface area contributed by atoms with Crippen LogP contribution in [0.2, 0.25) is 0 Å². The zero-order chi connectivity index (χ0) is 18.3. The first-order valence-electron chi connectivity index (χ1n) is 7.92. The highest BCUT2D eigenvalue weighted by Crippen LogP contribution is 2.46. The summed E-state index contributed by atoms with van der Waals surface area (Å²) in [7, 11) is 0.827. The number of hydrogen-bond acceptors (Lipinski definition) is 5. The predicted octanol–water partition coefficient (Wildman–Crippen LogP) is 4.27. The molecule has 0 amide bonds. The van der Waals surface area contributed by atoms with Crippen molar-refractivity contribution < 1.29 is 23.1 Å². The molecule has 2 aromatic rings. The monoisotopic (exact) mass is 362 g/mol. The number of Topliss-reactive ketones (excluding diaryl/α,β-unsaturated/α-hetero) is 1. The summed E-state index contributed by atoms with van der Waals surface area (Å²) in [5.74, 6) is 0.448. The highest BCUT2D eigenvalue weighted by atomic mass is 31.2. The molecule has 25 heavy (non-hydrogen) atoms. The summed E-state index contributed by atoms with van der Waals surface area (Å²) in [4.78, 5) is 12.5. The van der Waals surface area contributed by atoms with Crippen molar-refractivity contribution in [1.82, 2.24) is 0 Å². The van der Waals surface area contributed by atoms with E-state index < -0.39 is 7.60 Å².